The Bertz CT molecular complexity index is 1070. The molecule has 5 N–H and O–H groups in total. The molecule has 0 aliphatic heterocycles. The zero-order chi connectivity index (χ0) is 23.6. The normalized spacial score (nSPS) is 12.5. The second-order valence-electron chi connectivity index (χ2n) is 8.40. The van der Waals surface area contributed by atoms with Crippen LogP contribution >= 0.6 is 0 Å². The summed E-state index contributed by atoms with van der Waals surface area (Å²) in [5.74, 6) is 1.18. The molecule has 0 amide bonds. The minimum Gasteiger partial charge on any atom is -0.507 e. The molecule has 2 heterocycles. The average molecular weight is 445 g/mol. The first-order chi connectivity index (χ1) is 15.1. The van der Waals surface area contributed by atoms with Gasteiger partial charge < -0.3 is 30.7 Å². The number of hydrogen-bond acceptors (Lipinski definition) is 9. The first kappa shape index (κ1) is 23.4. The molecular formula is C22H32N6O4. The maximum Gasteiger partial charge on any atom is 0.225 e. The zero-order valence-corrected chi connectivity index (χ0v) is 19.3. The number of nitrogens with zero attached hydrogens (tertiary/aromatic N) is 4. The Labute approximate surface area is 187 Å². The summed E-state index contributed by atoms with van der Waals surface area (Å²) in [6.45, 7) is 10.2. The summed E-state index contributed by atoms with van der Waals surface area (Å²) < 4.78 is 6.95. The van der Waals surface area contributed by atoms with Crippen LogP contribution < -0.4 is 15.4 Å². The number of phenolic OH excluding ortho intramolecular Hbond substituents is 2. The summed E-state index contributed by atoms with van der Waals surface area (Å²) in [5, 5.41) is 41.4. The number of anilines is 2. The summed E-state index contributed by atoms with van der Waals surface area (Å²) in [6, 6.07) is 2.95. The first-order valence-electron chi connectivity index (χ1n) is 10.7. The molecule has 10 heteroatoms. The maximum absolute atomic E-state index is 10.3. The van der Waals surface area contributed by atoms with E-state index in [4.69, 9.17) is 9.84 Å². The van der Waals surface area contributed by atoms with Crippen LogP contribution in [0, 0.1) is 0 Å². The van der Waals surface area contributed by atoms with Gasteiger partial charge in [-0.2, -0.15) is 10.1 Å². The number of ether oxygens (including phenoxy) is 1. The number of methoxy groups -OCH3 is 1. The van der Waals surface area contributed by atoms with Gasteiger partial charge in [0.05, 0.1) is 24.5 Å². The smallest absolute Gasteiger partial charge is 0.225 e. The van der Waals surface area contributed by atoms with Crippen molar-refractivity contribution in [2.24, 2.45) is 0 Å². The third-order valence-electron chi connectivity index (χ3n) is 5.01. The topological polar surface area (TPSA) is 138 Å². The van der Waals surface area contributed by atoms with Crippen molar-refractivity contribution in [3.63, 3.8) is 0 Å². The summed E-state index contributed by atoms with van der Waals surface area (Å²) >= 11 is 0. The molecule has 32 heavy (non-hydrogen) atoms. The Balaban J connectivity index is 2.09. The molecule has 1 unspecified atom stereocenters. The Morgan fingerprint density at radius 1 is 1.03 bits per heavy atom. The Kier molecular flexibility index (Phi) is 6.93. The second kappa shape index (κ2) is 9.47. The summed E-state index contributed by atoms with van der Waals surface area (Å²) in [4.78, 5) is 9.28. The fourth-order valence-corrected chi connectivity index (χ4v) is 3.36. The molecule has 174 valence electrons. The molecule has 0 bridgehead atoms. The summed E-state index contributed by atoms with van der Waals surface area (Å²) in [7, 11) is 1.46. The van der Waals surface area contributed by atoms with Gasteiger partial charge in [0, 0.05) is 31.3 Å². The van der Waals surface area contributed by atoms with Crippen LogP contribution in [0.15, 0.2) is 12.1 Å². The van der Waals surface area contributed by atoms with E-state index in [1.165, 1.54) is 19.2 Å². The van der Waals surface area contributed by atoms with Crippen LogP contribution in [-0.2, 0) is 6.54 Å². The quantitative estimate of drug-likeness (QED) is 0.336. The monoisotopic (exact) mass is 444 g/mol. The maximum atomic E-state index is 10.3. The molecule has 3 rings (SSSR count). The first-order valence-corrected chi connectivity index (χ1v) is 10.7. The lowest BCUT2D eigenvalue weighted by atomic mass is 10.1. The van der Waals surface area contributed by atoms with Gasteiger partial charge >= 0.3 is 0 Å². The number of aliphatic hydroxyl groups excluding tert-OH is 1. The highest BCUT2D eigenvalue weighted by molar-refractivity contribution is 5.89. The number of nitrogens with one attached hydrogen (secondary N) is 2. The van der Waals surface area contributed by atoms with Crippen molar-refractivity contribution in [1.82, 2.24) is 19.7 Å². The van der Waals surface area contributed by atoms with Crippen LogP contribution in [0.2, 0.25) is 0 Å². The van der Waals surface area contributed by atoms with Crippen LogP contribution in [0.4, 0.5) is 11.8 Å². The molecule has 2 aromatic heterocycles. The van der Waals surface area contributed by atoms with E-state index in [2.05, 4.69) is 34.4 Å². The Morgan fingerprint density at radius 2 is 1.69 bits per heavy atom. The Hall–Kier alpha value is -3.27. The molecule has 0 fully saturated rings. The number of rotatable bonds is 9. The van der Waals surface area contributed by atoms with Gasteiger partial charge in [-0.3, -0.25) is 4.68 Å². The van der Waals surface area contributed by atoms with Crippen LogP contribution in [0.25, 0.3) is 11.0 Å². The van der Waals surface area contributed by atoms with Gasteiger partial charge in [-0.25, -0.2) is 4.98 Å². The van der Waals surface area contributed by atoms with Crippen molar-refractivity contribution in [2.75, 3.05) is 24.3 Å². The van der Waals surface area contributed by atoms with Gasteiger partial charge in [0.25, 0.3) is 0 Å². The third kappa shape index (κ3) is 4.80. The number of benzene rings is 1. The number of phenols is 2. The number of aromatic hydroxyl groups is 2. The van der Waals surface area contributed by atoms with Gasteiger partial charge in [-0.15, -0.1) is 0 Å². The molecule has 3 aromatic rings. The fourth-order valence-electron chi connectivity index (χ4n) is 3.36. The fraction of sp³-hybridized carbons (Fsp3) is 0.500. The largest absolute Gasteiger partial charge is 0.507 e. The predicted octanol–water partition coefficient (Wildman–Crippen LogP) is 3.36. The van der Waals surface area contributed by atoms with Crippen molar-refractivity contribution in [1.29, 1.82) is 0 Å². The third-order valence-corrected chi connectivity index (χ3v) is 5.01. The lowest BCUT2D eigenvalue weighted by Gasteiger charge is -2.15. The van der Waals surface area contributed by atoms with E-state index in [1.54, 1.807) is 6.92 Å². The van der Waals surface area contributed by atoms with E-state index < -0.39 is 6.10 Å². The highest BCUT2D eigenvalue weighted by atomic mass is 16.5. The summed E-state index contributed by atoms with van der Waals surface area (Å²) in [5.41, 5.74) is 2.60. The van der Waals surface area contributed by atoms with E-state index in [0.717, 1.165) is 11.2 Å². The SMILES string of the molecule is COc1cc(O)c(CNc2nc(NCC(C)O)nc3c(C(C)C)nn(C(C)C)c23)c(O)c1. The number of aromatic nitrogens is 4. The van der Waals surface area contributed by atoms with Crippen molar-refractivity contribution in [2.45, 2.75) is 59.2 Å². The minimum absolute atomic E-state index is 0.0632. The molecule has 0 saturated heterocycles. The standard InChI is InChI=1S/C22H32N6O4/c1-11(2)18-19-20(28(27-18)12(3)4)21(26-22(25-19)24-9-13(5)29)23-10-15-16(30)7-14(32-6)8-17(15)31/h7-8,11-13,29-31H,9-10H2,1-6H3,(H2,23,24,25,26). The van der Waals surface area contributed by atoms with Crippen LogP contribution in [0.3, 0.4) is 0 Å². The Morgan fingerprint density at radius 3 is 2.22 bits per heavy atom. The minimum atomic E-state index is -0.568. The molecule has 0 radical (unpaired) electrons. The molecule has 0 aliphatic rings. The lowest BCUT2D eigenvalue weighted by Crippen LogP contribution is -2.18. The number of hydrogen-bond donors (Lipinski definition) is 5. The predicted molar refractivity (Wildman–Crippen MR) is 124 cm³/mol. The van der Waals surface area contributed by atoms with Gasteiger partial charge in [0.2, 0.25) is 5.95 Å². The van der Waals surface area contributed by atoms with Crippen molar-refractivity contribution in [3.8, 4) is 17.2 Å². The highest BCUT2D eigenvalue weighted by Crippen LogP contribution is 2.35. The van der Waals surface area contributed by atoms with Gasteiger partial charge in [-0.1, -0.05) is 13.8 Å². The molecule has 0 spiro atoms. The second-order valence-corrected chi connectivity index (χ2v) is 8.40. The molecule has 0 saturated carbocycles. The molecule has 10 nitrogen and oxygen atoms in total. The number of aliphatic hydroxyl groups is 1. The van der Waals surface area contributed by atoms with E-state index in [0.29, 0.717) is 35.1 Å². The van der Waals surface area contributed by atoms with Crippen molar-refractivity contribution < 1.29 is 20.1 Å². The molecule has 1 atom stereocenters. The van der Waals surface area contributed by atoms with E-state index in [9.17, 15) is 15.3 Å². The van der Waals surface area contributed by atoms with Crippen LogP contribution in [-0.4, -0.2) is 54.8 Å². The average Bonchev–Trinajstić information content (AvgIpc) is 3.11. The van der Waals surface area contributed by atoms with E-state index in [-0.39, 0.29) is 30.0 Å². The van der Waals surface area contributed by atoms with Crippen LogP contribution in [0.1, 0.15) is 57.8 Å². The molecular weight excluding hydrogens is 412 g/mol. The highest BCUT2D eigenvalue weighted by Gasteiger charge is 2.22. The van der Waals surface area contributed by atoms with Gasteiger partial charge in [-0.05, 0) is 26.7 Å². The van der Waals surface area contributed by atoms with Crippen molar-refractivity contribution in [3.05, 3.63) is 23.4 Å². The van der Waals surface area contributed by atoms with Gasteiger partial charge in [0.1, 0.15) is 28.3 Å². The molecule has 1 aromatic carbocycles. The van der Waals surface area contributed by atoms with Crippen molar-refractivity contribution >= 4 is 22.8 Å². The van der Waals surface area contributed by atoms with Crippen LogP contribution in [0.5, 0.6) is 17.2 Å². The number of fused-ring (bicyclic) bond motifs is 1. The zero-order valence-electron chi connectivity index (χ0n) is 19.3. The molecule has 0 aliphatic carbocycles. The van der Waals surface area contributed by atoms with E-state index in [1.807, 2.05) is 18.5 Å². The van der Waals surface area contributed by atoms with E-state index >= 15 is 0 Å². The summed E-state index contributed by atoms with van der Waals surface area (Å²) in [6.07, 6.45) is -0.568. The van der Waals surface area contributed by atoms with Gasteiger partial charge in [0.15, 0.2) is 5.82 Å². The lowest BCUT2D eigenvalue weighted by molar-refractivity contribution is 0.208.